The van der Waals surface area contributed by atoms with Gasteiger partial charge in [0.2, 0.25) is 0 Å². The Bertz CT molecular complexity index is 929. The maximum absolute atomic E-state index is 13.1. The predicted octanol–water partition coefficient (Wildman–Crippen LogP) is 4.30. The standard InChI is InChI=1S/C28H40N2O3Si/c1-27(2,3)33-26(31)30-21-17-18-25(30)24(29-19-21)20-32-34(28(4,5)6,22-13-9-7-10-14-22)23-15-11-8-12-16-23/h7-16,21,24-25,29H,17-20H2,1-6H3/t21-,24?,25+/m0/s1. The summed E-state index contributed by atoms with van der Waals surface area (Å²) in [5.41, 5.74) is -0.498. The van der Waals surface area contributed by atoms with E-state index in [0.717, 1.165) is 19.4 Å². The van der Waals surface area contributed by atoms with Crippen LogP contribution in [0.4, 0.5) is 4.79 Å². The quantitative estimate of drug-likeness (QED) is 0.648. The largest absolute Gasteiger partial charge is 0.444 e. The highest BCUT2D eigenvalue weighted by molar-refractivity contribution is 6.99. The molecule has 2 aromatic carbocycles. The Labute approximate surface area is 206 Å². The second kappa shape index (κ2) is 9.48. The van der Waals surface area contributed by atoms with Crippen LogP contribution < -0.4 is 15.7 Å². The smallest absolute Gasteiger partial charge is 0.410 e. The van der Waals surface area contributed by atoms with Gasteiger partial charge in [0.1, 0.15) is 5.60 Å². The molecule has 4 rings (SSSR count). The van der Waals surface area contributed by atoms with Crippen LogP contribution in [0.2, 0.25) is 5.04 Å². The normalized spacial score (nSPS) is 23.1. The third-order valence-corrected chi connectivity index (χ3v) is 12.1. The maximum atomic E-state index is 13.1. The number of nitrogens with zero attached hydrogens (tertiary/aromatic N) is 1. The zero-order chi connectivity index (χ0) is 24.6. The summed E-state index contributed by atoms with van der Waals surface area (Å²) in [6, 6.07) is 21.8. The third kappa shape index (κ3) is 4.81. The zero-order valence-corrected chi connectivity index (χ0v) is 22.5. The molecule has 0 saturated carbocycles. The Hall–Kier alpha value is -2.15. The first-order valence-corrected chi connectivity index (χ1v) is 14.4. The van der Waals surface area contributed by atoms with Crippen molar-refractivity contribution in [3.05, 3.63) is 60.7 Å². The molecule has 1 amide bonds. The van der Waals surface area contributed by atoms with Gasteiger partial charge in [-0.25, -0.2) is 4.79 Å². The second-order valence-electron chi connectivity index (χ2n) is 11.7. The van der Waals surface area contributed by atoms with Crippen LogP contribution in [0.1, 0.15) is 54.4 Å². The summed E-state index contributed by atoms with van der Waals surface area (Å²) in [6.07, 6.45) is 1.79. The molecule has 1 unspecified atom stereocenters. The predicted molar refractivity (Wildman–Crippen MR) is 140 cm³/mol. The van der Waals surface area contributed by atoms with Crippen molar-refractivity contribution in [3.8, 4) is 0 Å². The summed E-state index contributed by atoms with van der Waals surface area (Å²) in [5, 5.41) is 6.18. The second-order valence-corrected chi connectivity index (χ2v) is 16.0. The van der Waals surface area contributed by atoms with Crippen LogP contribution in [0.5, 0.6) is 0 Å². The fourth-order valence-corrected chi connectivity index (χ4v) is 10.3. The van der Waals surface area contributed by atoms with E-state index in [9.17, 15) is 4.79 Å². The Kier molecular flexibility index (Phi) is 6.96. The van der Waals surface area contributed by atoms with E-state index in [4.69, 9.17) is 9.16 Å². The lowest BCUT2D eigenvalue weighted by molar-refractivity contribution is 0.000923. The van der Waals surface area contributed by atoms with Crippen LogP contribution in [0.3, 0.4) is 0 Å². The van der Waals surface area contributed by atoms with Crippen molar-refractivity contribution in [1.82, 2.24) is 10.2 Å². The average Bonchev–Trinajstić information content (AvgIpc) is 3.09. The molecule has 0 aromatic heterocycles. The number of carbonyl (C=O) groups is 1. The summed E-state index contributed by atoms with van der Waals surface area (Å²) in [5.74, 6) is 0. The van der Waals surface area contributed by atoms with Gasteiger partial charge in [0.15, 0.2) is 0 Å². The number of benzene rings is 2. The molecule has 34 heavy (non-hydrogen) atoms. The Morgan fingerprint density at radius 3 is 2.00 bits per heavy atom. The van der Waals surface area contributed by atoms with Crippen molar-refractivity contribution < 1.29 is 14.0 Å². The monoisotopic (exact) mass is 480 g/mol. The minimum Gasteiger partial charge on any atom is -0.444 e. The molecule has 6 heteroatoms. The molecule has 1 N–H and O–H groups in total. The third-order valence-electron chi connectivity index (χ3n) is 7.13. The van der Waals surface area contributed by atoms with Gasteiger partial charge in [0, 0.05) is 18.6 Å². The molecular weight excluding hydrogens is 440 g/mol. The van der Waals surface area contributed by atoms with Crippen molar-refractivity contribution in [3.63, 3.8) is 0 Å². The fourth-order valence-electron chi connectivity index (χ4n) is 5.68. The maximum Gasteiger partial charge on any atom is 0.410 e. The van der Waals surface area contributed by atoms with E-state index < -0.39 is 13.9 Å². The number of fused-ring (bicyclic) bond motifs is 2. The number of piperazine rings is 1. The van der Waals surface area contributed by atoms with Gasteiger partial charge in [-0.05, 0) is 49.0 Å². The minimum absolute atomic E-state index is 0.0760. The Morgan fingerprint density at radius 2 is 1.50 bits per heavy atom. The molecule has 2 saturated heterocycles. The summed E-state index contributed by atoms with van der Waals surface area (Å²) >= 11 is 0. The summed E-state index contributed by atoms with van der Waals surface area (Å²) in [4.78, 5) is 15.1. The van der Waals surface area contributed by atoms with Gasteiger partial charge in [-0.2, -0.15) is 0 Å². The number of carbonyl (C=O) groups excluding carboxylic acids is 1. The van der Waals surface area contributed by atoms with E-state index in [0.29, 0.717) is 6.61 Å². The highest BCUT2D eigenvalue weighted by Gasteiger charge is 2.52. The number of nitrogens with one attached hydrogen (secondary N) is 1. The molecule has 3 atom stereocenters. The molecule has 2 bridgehead atoms. The average molecular weight is 481 g/mol. The van der Waals surface area contributed by atoms with Crippen molar-refractivity contribution in [2.24, 2.45) is 0 Å². The molecule has 2 aliphatic rings. The number of rotatable bonds is 5. The highest BCUT2D eigenvalue weighted by atomic mass is 28.4. The SMILES string of the molecule is CC(C)(C)OC(=O)N1[C@H]2CC[C@@H]1C(CO[Si](c1ccccc1)(c1ccccc1)C(C)(C)C)NC2. The van der Waals surface area contributed by atoms with E-state index in [1.165, 1.54) is 10.4 Å². The van der Waals surface area contributed by atoms with Gasteiger partial charge < -0.3 is 14.5 Å². The van der Waals surface area contributed by atoms with Crippen LogP contribution >= 0.6 is 0 Å². The molecule has 2 aromatic rings. The number of ether oxygens (including phenoxy) is 1. The molecule has 2 aliphatic heterocycles. The van der Waals surface area contributed by atoms with Crippen molar-refractivity contribution in [1.29, 1.82) is 0 Å². The molecular formula is C28H40N2O3Si. The van der Waals surface area contributed by atoms with Crippen molar-refractivity contribution >= 4 is 24.8 Å². The van der Waals surface area contributed by atoms with Gasteiger partial charge >= 0.3 is 6.09 Å². The lowest BCUT2D eigenvalue weighted by atomic mass is 10.1. The molecule has 0 spiro atoms. The van der Waals surface area contributed by atoms with E-state index in [1.54, 1.807) is 0 Å². The molecule has 0 aliphatic carbocycles. The van der Waals surface area contributed by atoms with E-state index in [-0.39, 0.29) is 29.3 Å². The van der Waals surface area contributed by atoms with Gasteiger partial charge in [0.05, 0.1) is 12.6 Å². The van der Waals surface area contributed by atoms with Gasteiger partial charge in [0.25, 0.3) is 8.32 Å². The molecule has 0 radical (unpaired) electrons. The summed E-state index contributed by atoms with van der Waals surface area (Å²) < 4.78 is 13.0. The van der Waals surface area contributed by atoms with Gasteiger partial charge in [-0.15, -0.1) is 0 Å². The highest BCUT2D eigenvalue weighted by Crippen LogP contribution is 2.38. The van der Waals surface area contributed by atoms with Crippen LogP contribution in [-0.4, -0.2) is 56.2 Å². The topological polar surface area (TPSA) is 50.8 Å². The van der Waals surface area contributed by atoms with Crippen molar-refractivity contribution in [2.75, 3.05) is 13.2 Å². The van der Waals surface area contributed by atoms with Gasteiger partial charge in [-0.3, -0.25) is 4.90 Å². The first kappa shape index (κ1) is 25.0. The van der Waals surface area contributed by atoms with Gasteiger partial charge in [-0.1, -0.05) is 81.4 Å². The van der Waals surface area contributed by atoms with Crippen LogP contribution in [0.15, 0.2) is 60.7 Å². The lowest BCUT2D eigenvalue weighted by Gasteiger charge is -2.46. The Balaban J connectivity index is 1.64. The number of amides is 1. The zero-order valence-electron chi connectivity index (χ0n) is 21.5. The van der Waals surface area contributed by atoms with E-state index in [1.807, 2.05) is 25.7 Å². The molecule has 2 heterocycles. The first-order chi connectivity index (χ1) is 16.0. The number of hydrogen-bond donors (Lipinski definition) is 1. The van der Waals surface area contributed by atoms with Crippen molar-refractivity contribution in [2.45, 2.75) is 83.1 Å². The van der Waals surface area contributed by atoms with E-state index in [2.05, 4.69) is 86.8 Å². The van der Waals surface area contributed by atoms with Crippen LogP contribution in [0, 0.1) is 0 Å². The van der Waals surface area contributed by atoms with Crippen LogP contribution in [-0.2, 0) is 9.16 Å². The number of hydrogen-bond acceptors (Lipinski definition) is 4. The Morgan fingerprint density at radius 1 is 0.941 bits per heavy atom. The summed E-state index contributed by atoms with van der Waals surface area (Å²) in [6.45, 7) is 14.0. The molecule has 5 nitrogen and oxygen atoms in total. The minimum atomic E-state index is -2.62. The first-order valence-electron chi connectivity index (χ1n) is 12.5. The van der Waals surface area contributed by atoms with Crippen LogP contribution in [0.25, 0.3) is 0 Å². The fraction of sp³-hybridized carbons (Fsp3) is 0.536. The lowest BCUT2D eigenvalue weighted by Crippen LogP contribution is -2.69. The van der Waals surface area contributed by atoms with E-state index >= 15 is 0 Å². The summed E-state index contributed by atoms with van der Waals surface area (Å²) in [7, 11) is -2.62. The molecule has 184 valence electrons. The molecule has 2 fully saturated rings.